The molecule has 0 radical (unpaired) electrons. The number of aromatic nitrogens is 1. The van der Waals surface area contributed by atoms with Gasteiger partial charge in [0.05, 0.1) is 0 Å². The fraction of sp³-hybridized carbons (Fsp3) is 0.214. The number of halogens is 2. The Kier molecular flexibility index (Phi) is 4.06. The summed E-state index contributed by atoms with van der Waals surface area (Å²) in [6.07, 6.45) is 1.58. The summed E-state index contributed by atoms with van der Waals surface area (Å²) in [5.74, 6) is -1.18. The molecule has 0 aliphatic heterocycles. The highest BCUT2D eigenvalue weighted by Crippen LogP contribution is 2.25. The molecule has 1 aromatic carbocycles. The van der Waals surface area contributed by atoms with E-state index in [9.17, 15) is 8.78 Å². The molecule has 100 valence electrons. The van der Waals surface area contributed by atoms with Gasteiger partial charge in [0, 0.05) is 24.4 Å². The van der Waals surface area contributed by atoms with E-state index in [1.165, 1.54) is 6.07 Å². The van der Waals surface area contributed by atoms with Gasteiger partial charge in [0.15, 0.2) is 11.6 Å². The summed E-state index contributed by atoms with van der Waals surface area (Å²) < 4.78 is 31.6. The van der Waals surface area contributed by atoms with E-state index in [1.807, 2.05) is 20.0 Å². The van der Waals surface area contributed by atoms with Gasteiger partial charge in [-0.1, -0.05) is 0 Å². The largest absolute Gasteiger partial charge is 0.436 e. The number of pyridine rings is 1. The summed E-state index contributed by atoms with van der Waals surface area (Å²) in [6.45, 7) is 1.98. The van der Waals surface area contributed by atoms with Crippen LogP contribution in [0.4, 0.5) is 8.78 Å². The fourth-order valence-electron chi connectivity index (χ4n) is 1.59. The maximum absolute atomic E-state index is 13.5. The molecule has 1 aromatic heterocycles. The Hall–Kier alpha value is -2.01. The number of nitrogens with zero attached hydrogens (tertiary/aromatic N) is 1. The van der Waals surface area contributed by atoms with Crippen LogP contribution in [0.2, 0.25) is 0 Å². The molecule has 0 amide bonds. The maximum Gasteiger partial charge on any atom is 0.219 e. The van der Waals surface area contributed by atoms with Gasteiger partial charge >= 0.3 is 0 Å². The van der Waals surface area contributed by atoms with Crippen LogP contribution in [0.15, 0.2) is 36.5 Å². The molecular weight excluding hydrogens is 250 g/mol. The topological polar surface area (TPSA) is 34.2 Å². The highest BCUT2D eigenvalue weighted by atomic mass is 19.1. The Morgan fingerprint density at radius 3 is 2.68 bits per heavy atom. The van der Waals surface area contributed by atoms with Gasteiger partial charge in [0.25, 0.3) is 0 Å². The molecule has 0 bridgehead atoms. The molecule has 1 N–H and O–H groups in total. The Morgan fingerprint density at radius 1 is 1.21 bits per heavy atom. The van der Waals surface area contributed by atoms with Crippen molar-refractivity contribution in [3.05, 3.63) is 53.7 Å². The predicted octanol–water partition coefficient (Wildman–Crippen LogP) is 3.43. The number of nitrogens with one attached hydrogen (secondary N) is 1. The Balaban J connectivity index is 2.23. The van der Waals surface area contributed by atoms with Crippen LogP contribution in [-0.2, 0) is 0 Å². The minimum Gasteiger partial charge on any atom is -0.436 e. The first-order valence-electron chi connectivity index (χ1n) is 5.86. The summed E-state index contributed by atoms with van der Waals surface area (Å²) >= 11 is 0. The number of hydrogen-bond donors (Lipinski definition) is 1. The van der Waals surface area contributed by atoms with Crippen LogP contribution in [0, 0.1) is 11.6 Å². The van der Waals surface area contributed by atoms with E-state index in [0.717, 1.165) is 17.7 Å². The van der Waals surface area contributed by atoms with Crippen LogP contribution in [0.3, 0.4) is 0 Å². The number of hydrogen-bond acceptors (Lipinski definition) is 3. The van der Waals surface area contributed by atoms with E-state index in [-0.39, 0.29) is 17.7 Å². The smallest absolute Gasteiger partial charge is 0.219 e. The summed E-state index contributed by atoms with van der Waals surface area (Å²) in [5, 5.41) is 3.08. The lowest BCUT2D eigenvalue weighted by Gasteiger charge is -2.12. The average Bonchev–Trinajstić information content (AvgIpc) is 2.41. The third-order valence-corrected chi connectivity index (χ3v) is 2.80. The van der Waals surface area contributed by atoms with Gasteiger partial charge in [-0.15, -0.1) is 0 Å². The second kappa shape index (κ2) is 5.75. The molecule has 1 atom stereocenters. The molecule has 0 aliphatic carbocycles. The molecule has 0 fully saturated rings. The number of benzene rings is 1. The Labute approximate surface area is 110 Å². The van der Waals surface area contributed by atoms with Gasteiger partial charge in [-0.2, -0.15) is 0 Å². The molecule has 1 unspecified atom stereocenters. The van der Waals surface area contributed by atoms with Crippen LogP contribution in [0.5, 0.6) is 11.6 Å². The Bertz CT molecular complexity index is 575. The Morgan fingerprint density at radius 2 is 2.00 bits per heavy atom. The van der Waals surface area contributed by atoms with E-state index < -0.39 is 11.6 Å². The second-order valence-corrected chi connectivity index (χ2v) is 4.11. The lowest BCUT2D eigenvalue weighted by molar-refractivity contribution is 0.422. The van der Waals surface area contributed by atoms with Crippen molar-refractivity contribution in [1.29, 1.82) is 0 Å². The van der Waals surface area contributed by atoms with Crippen LogP contribution in [0.1, 0.15) is 18.5 Å². The minimum absolute atomic E-state index is 0.0526. The number of ether oxygens (including phenoxy) is 1. The van der Waals surface area contributed by atoms with E-state index >= 15 is 0 Å². The summed E-state index contributed by atoms with van der Waals surface area (Å²) in [7, 11) is 1.84. The lowest BCUT2D eigenvalue weighted by atomic mass is 10.1. The molecule has 19 heavy (non-hydrogen) atoms. The van der Waals surface area contributed by atoms with Gasteiger partial charge in [-0.05, 0) is 37.7 Å². The molecule has 0 saturated carbocycles. The van der Waals surface area contributed by atoms with Gasteiger partial charge < -0.3 is 10.1 Å². The summed E-state index contributed by atoms with van der Waals surface area (Å²) in [4.78, 5) is 4.00. The highest BCUT2D eigenvalue weighted by molar-refractivity contribution is 5.31. The van der Waals surface area contributed by atoms with Gasteiger partial charge in [-0.3, -0.25) is 0 Å². The molecule has 0 saturated heterocycles. The molecule has 3 nitrogen and oxygen atoms in total. The molecule has 5 heteroatoms. The van der Waals surface area contributed by atoms with Crippen LogP contribution in [0.25, 0.3) is 0 Å². The first kappa shape index (κ1) is 13.4. The fourth-order valence-corrected chi connectivity index (χ4v) is 1.59. The van der Waals surface area contributed by atoms with Gasteiger partial charge in [0.2, 0.25) is 5.88 Å². The molecule has 2 aromatic rings. The van der Waals surface area contributed by atoms with Gasteiger partial charge in [-0.25, -0.2) is 13.8 Å². The van der Waals surface area contributed by atoms with Crippen molar-refractivity contribution in [3.8, 4) is 11.6 Å². The zero-order valence-electron chi connectivity index (χ0n) is 10.7. The van der Waals surface area contributed by atoms with Crippen molar-refractivity contribution in [1.82, 2.24) is 10.3 Å². The SMILES string of the molecule is CNC(C)c1ccnc(Oc2ccc(F)cc2F)c1. The third-order valence-electron chi connectivity index (χ3n) is 2.80. The lowest BCUT2D eigenvalue weighted by Crippen LogP contribution is -2.12. The third kappa shape index (κ3) is 3.26. The van der Waals surface area contributed by atoms with Crippen molar-refractivity contribution in [3.63, 3.8) is 0 Å². The highest BCUT2D eigenvalue weighted by Gasteiger charge is 2.09. The van der Waals surface area contributed by atoms with E-state index in [1.54, 1.807) is 12.3 Å². The summed E-state index contributed by atoms with van der Waals surface area (Å²) in [5.41, 5.74) is 0.968. The summed E-state index contributed by atoms with van der Waals surface area (Å²) in [6, 6.07) is 6.83. The van der Waals surface area contributed by atoms with Crippen LogP contribution in [-0.4, -0.2) is 12.0 Å². The molecule has 1 heterocycles. The van der Waals surface area contributed by atoms with E-state index in [0.29, 0.717) is 0 Å². The van der Waals surface area contributed by atoms with E-state index in [2.05, 4.69) is 10.3 Å². The monoisotopic (exact) mass is 264 g/mol. The zero-order valence-corrected chi connectivity index (χ0v) is 10.7. The van der Waals surface area contributed by atoms with Crippen molar-refractivity contribution in [2.45, 2.75) is 13.0 Å². The second-order valence-electron chi connectivity index (χ2n) is 4.11. The predicted molar refractivity (Wildman–Crippen MR) is 68.1 cm³/mol. The first-order valence-corrected chi connectivity index (χ1v) is 5.86. The standard InChI is InChI=1S/C14H14F2N2O/c1-9(17-2)10-5-6-18-14(7-10)19-13-4-3-11(15)8-12(13)16/h3-9,17H,1-2H3. The number of rotatable bonds is 4. The van der Waals surface area contributed by atoms with Crippen LogP contribution >= 0.6 is 0 Å². The van der Waals surface area contributed by atoms with Crippen molar-refractivity contribution in [2.75, 3.05) is 7.05 Å². The molecular formula is C14H14F2N2O. The zero-order chi connectivity index (χ0) is 13.8. The van der Waals surface area contributed by atoms with E-state index in [4.69, 9.17) is 4.74 Å². The van der Waals surface area contributed by atoms with Crippen molar-refractivity contribution in [2.24, 2.45) is 0 Å². The van der Waals surface area contributed by atoms with Crippen molar-refractivity contribution < 1.29 is 13.5 Å². The quantitative estimate of drug-likeness (QED) is 0.918. The minimum atomic E-state index is -0.756. The average molecular weight is 264 g/mol. The van der Waals surface area contributed by atoms with Gasteiger partial charge in [0.1, 0.15) is 5.82 Å². The molecule has 0 spiro atoms. The van der Waals surface area contributed by atoms with Crippen LogP contribution < -0.4 is 10.1 Å². The first-order chi connectivity index (χ1) is 9.10. The normalized spacial score (nSPS) is 12.2. The molecule has 0 aliphatic rings. The van der Waals surface area contributed by atoms with Crippen molar-refractivity contribution >= 4 is 0 Å². The molecule has 2 rings (SSSR count). The maximum atomic E-state index is 13.5.